The minimum absolute atomic E-state index is 0.112. The fourth-order valence-corrected chi connectivity index (χ4v) is 3.58. The number of hydrogen-bond acceptors (Lipinski definition) is 3. The van der Waals surface area contributed by atoms with E-state index >= 15 is 0 Å². The van der Waals surface area contributed by atoms with Crippen LogP contribution in [0.5, 0.6) is 11.5 Å². The maximum atomic E-state index is 13.2. The summed E-state index contributed by atoms with van der Waals surface area (Å²) in [6.07, 6.45) is 2.38. The summed E-state index contributed by atoms with van der Waals surface area (Å²) in [6.45, 7) is 8.53. The first-order valence-electron chi connectivity index (χ1n) is 9.48. The van der Waals surface area contributed by atoms with Crippen molar-refractivity contribution in [3.63, 3.8) is 0 Å². The summed E-state index contributed by atoms with van der Waals surface area (Å²) in [5.41, 5.74) is 2.40. The Morgan fingerprint density at radius 3 is 2.58 bits per heavy atom. The van der Waals surface area contributed by atoms with Crippen LogP contribution in [0.1, 0.15) is 50.8 Å². The molecule has 0 aromatic heterocycles. The highest BCUT2D eigenvalue weighted by molar-refractivity contribution is 5.43. The molecule has 0 aliphatic carbocycles. The molecule has 0 unspecified atom stereocenters. The van der Waals surface area contributed by atoms with E-state index in [0.29, 0.717) is 12.6 Å². The number of rotatable bonds is 7. The van der Waals surface area contributed by atoms with Crippen LogP contribution in [0.4, 0.5) is 4.39 Å². The zero-order valence-electron chi connectivity index (χ0n) is 15.9. The SMILES string of the molecule is CCOc1cc(CN2CCC[C@H]2c2ccc(F)cc2)ccc1OC(C)C. The molecule has 2 aromatic carbocycles. The van der Waals surface area contributed by atoms with Gasteiger partial charge >= 0.3 is 0 Å². The van der Waals surface area contributed by atoms with Gasteiger partial charge in [0.25, 0.3) is 0 Å². The maximum Gasteiger partial charge on any atom is 0.161 e. The van der Waals surface area contributed by atoms with Crippen molar-refractivity contribution >= 4 is 0 Å². The molecule has 1 aliphatic heterocycles. The molecule has 0 amide bonds. The van der Waals surface area contributed by atoms with Crippen molar-refractivity contribution in [2.45, 2.75) is 52.3 Å². The number of ether oxygens (including phenoxy) is 2. The van der Waals surface area contributed by atoms with E-state index in [9.17, 15) is 4.39 Å². The molecule has 26 heavy (non-hydrogen) atoms. The Balaban J connectivity index is 1.76. The third-order valence-corrected chi connectivity index (χ3v) is 4.67. The minimum atomic E-state index is -0.180. The Hall–Kier alpha value is -2.07. The van der Waals surface area contributed by atoms with E-state index in [0.717, 1.165) is 37.4 Å². The molecule has 1 atom stereocenters. The van der Waals surface area contributed by atoms with Crippen molar-refractivity contribution in [1.29, 1.82) is 0 Å². The van der Waals surface area contributed by atoms with Crippen LogP contribution in [0.25, 0.3) is 0 Å². The van der Waals surface area contributed by atoms with Gasteiger partial charge in [-0.05, 0) is 75.5 Å². The molecule has 4 heteroatoms. The summed E-state index contributed by atoms with van der Waals surface area (Å²) in [6, 6.07) is 13.5. The summed E-state index contributed by atoms with van der Waals surface area (Å²) < 4.78 is 24.9. The molecular weight excluding hydrogens is 329 g/mol. The van der Waals surface area contributed by atoms with Crippen LogP contribution in [0, 0.1) is 5.82 Å². The fourth-order valence-electron chi connectivity index (χ4n) is 3.58. The lowest BCUT2D eigenvalue weighted by molar-refractivity contribution is 0.222. The van der Waals surface area contributed by atoms with Crippen molar-refractivity contribution in [3.8, 4) is 11.5 Å². The number of benzene rings is 2. The highest BCUT2D eigenvalue weighted by atomic mass is 19.1. The third kappa shape index (κ3) is 4.55. The Labute approximate surface area is 155 Å². The van der Waals surface area contributed by atoms with E-state index in [-0.39, 0.29) is 11.9 Å². The zero-order chi connectivity index (χ0) is 18.5. The van der Waals surface area contributed by atoms with Gasteiger partial charge in [-0.25, -0.2) is 4.39 Å². The van der Waals surface area contributed by atoms with E-state index in [2.05, 4.69) is 17.0 Å². The molecular formula is C22H28FNO2. The van der Waals surface area contributed by atoms with E-state index in [4.69, 9.17) is 9.47 Å². The van der Waals surface area contributed by atoms with Gasteiger partial charge in [-0.1, -0.05) is 18.2 Å². The average molecular weight is 357 g/mol. The summed E-state index contributed by atoms with van der Waals surface area (Å²) in [7, 11) is 0. The van der Waals surface area contributed by atoms with Crippen molar-refractivity contribution < 1.29 is 13.9 Å². The molecule has 1 heterocycles. The number of hydrogen-bond donors (Lipinski definition) is 0. The van der Waals surface area contributed by atoms with E-state index in [1.165, 1.54) is 11.1 Å². The highest BCUT2D eigenvalue weighted by Gasteiger charge is 2.26. The largest absolute Gasteiger partial charge is 0.490 e. The van der Waals surface area contributed by atoms with Crippen molar-refractivity contribution in [2.24, 2.45) is 0 Å². The van der Waals surface area contributed by atoms with Crippen LogP contribution >= 0.6 is 0 Å². The molecule has 1 fully saturated rings. The molecule has 1 aliphatic rings. The first-order valence-corrected chi connectivity index (χ1v) is 9.48. The van der Waals surface area contributed by atoms with Crippen molar-refractivity contribution in [2.75, 3.05) is 13.2 Å². The van der Waals surface area contributed by atoms with Gasteiger partial charge in [0.05, 0.1) is 12.7 Å². The Morgan fingerprint density at radius 1 is 1.12 bits per heavy atom. The number of likely N-dealkylation sites (tertiary alicyclic amines) is 1. The Kier molecular flexibility index (Phi) is 6.15. The second-order valence-electron chi connectivity index (χ2n) is 7.06. The molecule has 2 aromatic rings. The monoisotopic (exact) mass is 357 g/mol. The zero-order valence-corrected chi connectivity index (χ0v) is 15.9. The van der Waals surface area contributed by atoms with Crippen LogP contribution in [0.15, 0.2) is 42.5 Å². The normalized spacial score (nSPS) is 17.7. The summed E-state index contributed by atoms with van der Waals surface area (Å²) in [4.78, 5) is 2.46. The molecule has 3 nitrogen and oxygen atoms in total. The molecule has 1 saturated heterocycles. The molecule has 0 radical (unpaired) electrons. The first-order chi connectivity index (χ1) is 12.6. The second-order valence-corrected chi connectivity index (χ2v) is 7.06. The quantitative estimate of drug-likeness (QED) is 0.667. The van der Waals surface area contributed by atoms with Crippen LogP contribution < -0.4 is 9.47 Å². The van der Waals surface area contributed by atoms with Gasteiger partial charge < -0.3 is 9.47 Å². The smallest absolute Gasteiger partial charge is 0.161 e. The molecule has 140 valence electrons. The van der Waals surface area contributed by atoms with E-state index in [1.807, 2.05) is 39.0 Å². The van der Waals surface area contributed by atoms with Gasteiger partial charge in [0, 0.05) is 12.6 Å². The van der Waals surface area contributed by atoms with Crippen LogP contribution in [-0.2, 0) is 6.54 Å². The van der Waals surface area contributed by atoms with Crippen molar-refractivity contribution in [3.05, 3.63) is 59.4 Å². The van der Waals surface area contributed by atoms with Gasteiger partial charge in [-0.3, -0.25) is 4.90 Å². The van der Waals surface area contributed by atoms with Gasteiger partial charge in [-0.2, -0.15) is 0 Å². The summed E-state index contributed by atoms with van der Waals surface area (Å²) >= 11 is 0. The van der Waals surface area contributed by atoms with Gasteiger partial charge in [0.2, 0.25) is 0 Å². The molecule has 0 bridgehead atoms. The number of nitrogens with zero attached hydrogens (tertiary/aromatic N) is 1. The maximum absolute atomic E-state index is 13.2. The predicted molar refractivity (Wildman–Crippen MR) is 102 cm³/mol. The van der Waals surface area contributed by atoms with Gasteiger partial charge in [0.1, 0.15) is 5.82 Å². The molecule has 0 saturated carbocycles. The number of halogens is 1. The summed E-state index contributed by atoms with van der Waals surface area (Å²) in [5, 5.41) is 0. The summed E-state index contributed by atoms with van der Waals surface area (Å²) in [5.74, 6) is 1.42. The Morgan fingerprint density at radius 2 is 1.88 bits per heavy atom. The third-order valence-electron chi connectivity index (χ3n) is 4.67. The van der Waals surface area contributed by atoms with Crippen LogP contribution in [0.2, 0.25) is 0 Å². The Bertz CT molecular complexity index is 715. The highest BCUT2D eigenvalue weighted by Crippen LogP contribution is 2.35. The molecule has 0 spiro atoms. The second kappa shape index (κ2) is 8.54. The van der Waals surface area contributed by atoms with E-state index in [1.54, 1.807) is 12.1 Å². The van der Waals surface area contributed by atoms with Crippen LogP contribution in [0.3, 0.4) is 0 Å². The van der Waals surface area contributed by atoms with Gasteiger partial charge in [-0.15, -0.1) is 0 Å². The lowest BCUT2D eigenvalue weighted by atomic mass is 10.0. The predicted octanol–water partition coefficient (Wildman–Crippen LogP) is 5.35. The lowest BCUT2D eigenvalue weighted by Gasteiger charge is -2.25. The molecule has 3 rings (SSSR count). The fraction of sp³-hybridized carbons (Fsp3) is 0.455. The minimum Gasteiger partial charge on any atom is -0.490 e. The topological polar surface area (TPSA) is 21.7 Å². The average Bonchev–Trinajstić information content (AvgIpc) is 3.06. The van der Waals surface area contributed by atoms with Crippen LogP contribution in [-0.4, -0.2) is 24.2 Å². The molecule has 0 N–H and O–H groups in total. The standard InChI is InChI=1S/C22H28FNO2/c1-4-25-22-14-17(7-12-21(22)26-16(2)3)15-24-13-5-6-20(24)18-8-10-19(23)11-9-18/h7-12,14,16,20H,4-6,13,15H2,1-3H3/t20-/m0/s1. The van der Waals surface area contributed by atoms with Gasteiger partial charge in [0.15, 0.2) is 11.5 Å². The van der Waals surface area contributed by atoms with E-state index < -0.39 is 0 Å². The lowest BCUT2D eigenvalue weighted by Crippen LogP contribution is -2.22. The van der Waals surface area contributed by atoms with Crippen molar-refractivity contribution in [1.82, 2.24) is 4.90 Å². The first kappa shape index (κ1) is 18.7.